The molecule has 0 spiro atoms. The van der Waals surface area contributed by atoms with Crippen molar-refractivity contribution in [2.24, 2.45) is 0 Å². The van der Waals surface area contributed by atoms with Crippen molar-refractivity contribution in [3.05, 3.63) is 67.1 Å². The number of rotatable bonds is 6. The molecule has 0 bridgehead atoms. The Kier molecular flexibility index (Phi) is 9.08. The molecule has 2 aromatic rings. The molecule has 2 unspecified atom stereocenters. The molecular formula is C17H16Cl4CuN2. The molecule has 2 atom stereocenters. The molecule has 0 aliphatic heterocycles. The Morgan fingerprint density at radius 2 is 1.00 bits per heavy atom. The third kappa shape index (κ3) is 5.91. The van der Waals surface area contributed by atoms with Gasteiger partial charge in [0.1, 0.15) is 0 Å². The van der Waals surface area contributed by atoms with Crippen LogP contribution in [0, 0.1) is 0 Å². The van der Waals surface area contributed by atoms with E-state index in [2.05, 4.69) is 10.6 Å². The third-order valence-corrected chi connectivity index (χ3v) is 4.48. The van der Waals surface area contributed by atoms with Crippen molar-refractivity contribution in [3.8, 4) is 0 Å². The summed E-state index contributed by atoms with van der Waals surface area (Å²) in [4.78, 5) is 0. The molecule has 2 nitrogen and oxygen atoms in total. The number of halogens is 4. The molecule has 0 fully saturated rings. The molecule has 0 N–H and O–H groups in total. The van der Waals surface area contributed by atoms with Crippen LogP contribution in [0.1, 0.15) is 20.3 Å². The summed E-state index contributed by atoms with van der Waals surface area (Å²) in [6.07, 6.45) is 0.725. The Morgan fingerprint density at radius 3 is 1.29 bits per heavy atom. The first-order chi connectivity index (χ1) is 10.9. The molecule has 1 radical (unpaired) electrons. The van der Waals surface area contributed by atoms with E-state index in [1.54, 1.807) is 36.4 Å². The Balaban J connectivity index is 0.00000288. The molecule has 0 saturated heterocycles. The topological polar surface area (TPSA) is 28.2 Å². The molecule has 0 heterocycles. The van der Waals surface area contributed by atoms with Crippen LogP contribution in [-0.2, 0) is 17.1 Å². The average molecular weight is 454 g/mol. The average Bonchev–Trinajstić information content (AvgIpc) is 2.47. The van der Waals surface area contributed by atoms with Gasteiger partial charge in [-0.15, -0.1) is 23.5 Å². The van der Waals surface area contributed by atoms with Gasteiger partial charge in [0.15, 0.2) is 0 Å². The maximum atomic E-state index is 6.14. The molecule has 0 amide bonds. The van der Waals surface area contributed by atoms with Crippen LogP contribution in [-0.4, -0.2) is 12.1 Å². The number of para-hydroxylation sites is 2. The smallest absolute Gasteiger partial charge is 0.680 e. The molecule has 2 rings (SSSR count). The van der Waals surface area contributed by atoms with E-state index in [4.69, 9.17) is 46.4 Å². The molecule has 0 saturated carbocycles. The van der Waals surface area contributed by atoms with E-state index in [0.29, 0.717) is 31.5 Å². The minimum Gasteiger partial charge on any atom is -0.680 e. The summed E-state index contributed by atoms with van der Waals surface area (Å²) in [5.41, 5.74) is 1.23. The van der Waals surface area contributed by atoms with E-state index in [1.165, 1.54) is 0 Å². The van der Waals surface area contributed by atoms with Crippen molar-refractivity contribution < 1.29 is 17.1 Å². The maximum Gasteiger partial charge on any atom is 2.00 e. The van der Waals surface area contributed by atoms with Crippen molar-refractivity contribution >= 4 is 57.8 Å². The minimum absolute atomic E-state index is 0. The van der Waals surface area contributed by atoms with Crippen LogP contribution in [0.25, 0.3) is 10.6 Å². The van der Waals surface area contributed by atoms with Crippen molar-refractivity contribution in [1.82, 2.24) is 0 Å². The predicted molar refractivity (Wildman–Crippen MR) is 103 cm³/mol. The monoisotopic (exact) mass is 451 g/mol. The van der Waals surface area contributed by atoms with Gasteiger partial charge in [-0.3, -0.25) is 0 Å². The fourth-order valence-corrected chi connectivity index (χ4v) is 3.25. The summed E-state index contributed by atoms with van der Waals surface area (Å²) < 4.78 is 0. The zero-order chi connectivity index (χ0) is 17.0. The minimum atomic E-state index is 0. The van der Waals surface area contributed by atoms with Crippen LogP contribution in [0.15, 0.2) is 36.4 Å². The van der Waals surface area contributed by atoms with E-state index in [1.807, 2.05) is 13.8 Å². The van der Waals surface area contributed by atoms with Crippen LogP contribution in [0.4, 0.5) is 11.4 Å². The van der Waals surface area contributed by atoms with Gasteiger partial charge in [0.05, 0.1) is 0 Å². The van der Waals surface area contributed by atoms with E-state index >= 15 is 0 Å². The first-order valence-corrected chi connectivity index (χ1v) is 8.69. The second-order valence-corrected chi connectivity index (χ2v) is 6.96. The van der Waals surface area contributed by atoms with Gasteiger partial charge in [-0.1, -0.05) is 78.8 Å². The molecule has 7 heteroatoms. The zero-order valence-corrected chi connectivity index (χ0v) is 17.0. The molecule has 133 valence electrons. The van der Waals surface area contributed by atoms with Gasteiger partial charge in [-0.2, -0.15) is 0 Å². The SMILES string of the molecule is CC(CC(C)[N-]c1c(Cl)cccc1Cl)[N-]c1c(Cl)cccc1Cl.[Cu+2]. The number of hydrogen-bond acceptors (Lipinski definition) is 0. The summed E-state index contributed by atoms with van der Waals surface area (Å²) in [5, 5.41) is 11.4. The van der Waals surface area contributed by atoms with Gasteiger partial charge < -0.3 is 10.6 Å². The number of nitrogens with zero attached hydrogens (tertiary/aromatic N) is 2. The largest absolute Gasteiger partial charge is 2.00 e. The normalized spacial score (nSPS) is 12.9. The van der Waals surface area contributed by atoms with Crippen LogP contribution in [0.2, 0.25) is 20.1 Å². The molecule has 0 aliphatic rings. The molecule has 2 aromatic carbocycles. The Hall–Kier alpha value is -0.281. The molecule has 24 heavy (non-hydrogen) atoms. The van der Waals surface area contributed by atoms with Gasteiger partial charge in [0, 0.05) is 20.1 Å². The third-order valence-electron chi connectivity index (χ3n) is 3.26. The van der Waals surface area contributed by atoms with Gasteiger partial charge in [0.2, 0.25) is 0 Å². The van der Waals surface area contributed by atoms with Gasteiger partial charge in [-0.05, 0) is 24.3 Å². The summed E-state index contributed by atoms with van der Waals surface area (Å²) >= 11 is 24.6. The Bertz CT molecular complexity index is 584. The summed E-state index contributed by atoms with van der Waals surface area (Å²) in [7, 11) is 0. The summed E-state index contributed by atoms with van der Waals surface area (Å²) in [5.74, 6) is 0. The fourth-order valence-electron chi connectivity index (χ4n) is 2.26. The van der Waals surface area contributed by atoms with Crippen LogP contribution >= 0.6 is 46.4 Å². The second-order valence-electron chi connectivity index (χ2n) is 5.33. The van der Waals surface area contributed by atoms with Gasteiger partial charge in [0.25, 0.3) is 0 Å². The Labute approximate surface area is 173 Å². The molecule has 0 aliphatic carbocycles. The van der Waals surface area contributed by atoms with E-state index in [-0.39, 0.29) is 29.2 Å². The molecular weight excluding hydrogens is 438 g/mol. The zero-order valence-electron chi connectivity index (χ0n) is 13.0. The predicted octanol–water partition coefficient (Wildman–Crippen LogP) is 8.18. The van der Waals surface area contributed by atoms with Gasteiger partial charge >= 0.3 is 17.1 Å². The standard InChI is InChI=1S/C17H16Cl4N2.Cu/c1-10(22-16-12(18)5-3-6-13(16)19)9-11(2)23-17-14(20)7-4-8-15(17)21;/h3-8,10-11H,9H2,1-2H3;/q-2;+2. The number of hydrogen-bond donors (Lipinski definition) is 0. The van der Waals surface area contributed by atoms with Crippen molar-refractivity contribution in [1.29, 1.82) is 0 Å². The van der Waals surface area contributed by atoms with Gasteiger partial charge in [-0.25, -0.2) is 0 Å². The summed E-state index contributed by atoms with van der Waals surface area (Å²) in [6, 6.07) is 10.7. The first-order valence-electron chi connectivity index (χ1n) is 7.18. The summed E-state index contributed by atoms with van der Waals surface area (Å²) in [6.45, 7) is 4.00. The maximum absolute atomic E-state index is 6.14. The first kappa shape index (κ1) is 21.8. The van der Waals surface area contributed by atoms with Crippen molar-refractivity contribution in [3.63, 3.8) is 0 Å². The van der Waals surface area contributed by atoms with E-state index in [0.717, 1.165) is 6.42 Å². The van der Waals surface area contributed by atoms with Crippen LogP contribution < -0.4 is 0 Å². The molecule has 0 aromatic heterocycles. The van der Waals surface area contributed by atoms with Crippen LogP contribution in [0.5, 0.6) is 0 Å². The number of benzene rings is 2. The van der Waals surface area contributed by atoms with E-state index < -0.39 is 0 Å². The van der Waals surface area contributed by atoms with Crippen molar-refractivity contribution in [2.75, 3.05) is 0 Å². The van der Waals surface area contributed by atoms with E-state index in [9.17, 15) is 0 Å². The van der Waals surface area contributed by atoms with Crippen LogP contribution in [0.3, 0.4) is 0 Å². The fraction of sp³-hybridized carbons (Fsp3) is 0.294. The second kappa shape index (κ2) is 10.0. The Morgan fingerprint density at radius 1 is 0.708 bits per heavy atom. The van der Waals surface area contributed by atoms with Crippen molar-refractivity contribution in [2.45, 2.75) is 32.4 Å². The quantitative estimate of drug-likeness (QED) is 0.395.